The quantitative estimate of drug-likeness (QED) is 0.786. The summed E-state index contributed by atoms with van der Waals surface area (Å²) in [5.74, 6) is 1.43. The molecule has 4 nitrogen and oxygen atoms in total. The highest BCUT2D eigenvalue weighted by Gasteiger charge is 2.14. The molecule has 2 aromatic carbocycles. The van der Waals surface area contributed by atoms with E-state index in [0.717, 1.165) is 11.1 Å². The lowest BCUT2D eigenvalue weighted by Crippen LogP contribution is -2.38. The zero-order valence-electron chi connectivity index (χ0n) is 14.0. The van der Waals surface area contributed by atoms with Crippen molar-refractivity contribution in [1.29, 1.82) is 0 Å². The van der Waals surface area contributed by atoms with Gasteiger partial charge in [-0.05, 0) is 36.6 Å². The Hall–Kier alpha value is -2.04. The maximum atomic E-state index is 10.3. The number of aliphatic hydroxyl groups is 1. The first kappa shape index (κ1) is 17.3. The van der Waals surface area contributed by atoms with Gasteiger partial charge < -0.3 is 19.9 Å². The number of aliphatic hydroxyl groups excluding tert-OH is 1. The molecule has 0 spiro atoms. The first-order valence-electron chi connectivity index (χ1n) is 7.80. The van der Waals surface area contributed by atoms with Crippen LogP contribution in [0, 0.1) is 0 Å². The molecule has 0 saturated heterocycles. The van der Waals surface area contributed by atoms with Crippen LogP contribution in [-0.2, 0) is 13.0 Å². The number of ether oxygens (including phenoxy) is 2. The number of benzene rings is 2. The van der Waals surface area contributed by atoms with Gasteiger partial charge in [-0.1, -0.05) is 36.4 Å². The zero-order valence-corrected chi connectivity index (χ0v) is 14.0. The molecule has 0 aliphatic rings. The molecule has 0 aliphatic carbocycles. The van der Waals surface area contributed by atoms with Crippen molar-refractivity contribution in [2.24, 2.45) is 0 Å². The Kier molecular flexibility index (Phi) is 6.44. The molecule has 0 bridgehead atoms. The fourth-order valence-electron chi connectivity index (χ4n) is 2.44. The number of nitrogens with one attached hydrogen (secondary N) is 1. The van der Waals surface area contributed by atoms with E-state index in [1.807, 2.05) is 55.5 Å². The van der Waals surface area contributed by atoms with Crippen molar-refractivity contribution in [2.45, 2.75) is 32.0 Å². The van der Waals surface area contributed by atoms with Gasteiger partial charge in [0.2, 0.25) is 0 Å². The molecular formula is C19H25NO3. The van der Waals surface area contributed by atoms with Crippen LogP contribution >= 0.6 is 0 Å². The summed E-state index contributed by atoms with van der Waals surface area (Å²) in [6.07, 6.45) is 0.207. The molecule has 2 unspecified atom stereocenters. The Morgan fingerprint density at radius 3 is 2.30 bits per heavy atom. The van der Waals surface area contributed by atoms with Gasteiger partial charge in [-0.15, -0.1) is 0 Å². The summed E-state index contributed by atoms with van der Waals surface area (Å²) in [6, 6.07) is 15.8. The van der Waals surface area contributed by atoms with Crippen LogP contribution in [0.25, 0.3) is 0 Å². The first-order chi connectivity index (χ1) is 11.1. The Labute approximate surface area is 138 Å². The molecule has 4 heteroatoms. The van der Waals surface area contributed by atoms with Crippen molar-refractivity contribution >= 4 is 0 Å². The molecule has 0 heterocycles. The predicted octanol–water partition coefficient (Wildman–Crippen LogP) is 2.79. The Morgan fingerprint density at radius 2 is 1.65 bits per heavy atom. The molecule has 2 N–H and O–H groups in total. The first-order valence-corrected chi connectivity index (χ1v) is 7.80. The SMILES string of the molecule is COc1ccc(CNC(C)C(O)Cc2ccccc2)cc1OC. The second-order valence-electron chi connectivity index (χ2n) is 5.62. The van der Waals surface area contributed by atoms with Crippen LogP contribution in [0.15, 0.2) is 48.5 Å². The van der Waals surface area contributed by atoms with Gasteiger partial charge in [0.1, 0.15) is 0 Å². The van der Waals surface area contributed by atoms with Crippen LogP contribution in [-0.4, -0.2) is 31.5 Å². The van der Waals surface area contributed by atoms with Gasteiger partial charge in [-0.25, -0.2) is 0 Å². The van der Waals surface area contributed by atoms with Crippen LogP contribution in [0.2, 0.25) is 0 Å². The van der Waals surface area contributed by atoms with Crippen molar-refractivity contribution < 1.29 is 14.6 Å². The molecule has 2 aromatic rings. The highest BCUT2D eigenvalue weighted by molar-refractivity contribution is 5.42. The minimum Gasteiger partial charge on any atom is -0.493 e. The third kappa shape index (κ3) is 4.98. The van der Waals surface area contributed by atoms with Crippen molar-refractivity contribution in [2.75, 3.05) is 14.2 Å². The van der Waals surface area contributed by atoms with Crippen LogP contribution < -0.4 is 14.8 Å². The fraction of sp³-hybridized carbons (Fsp3) is 0.368. The van der Waals surface area contributed by atoms with Gasteiger partial charge in [0.25, 0.3) is 0 Å². The monoisotopic (exact) mass is 315 g/mol. The lowest BCUT2D eigenvalue weighted by atomic mass is 10.0. The van der Waals surface area contributed by atoms with Crippen molar-refractivity contribution in [3.63, 3.8) is 0 Å². The van der Waals surface area contributed by atoms with E-state index in [4.69, 9.17) is 9.47 Å². The van der Waals surface area contributed by atoms with Crippen LogP contribution in [0.3, 0.4) is 0 Å². The average molecular weight is 315 g/mol. The summed E-state index contributed by atoms with van der Waals surface area (Å²) in [5, 5.41) is 13.7. The maximum absolute atomic E-state index is 10.3. The lowest BCUT2D eigenvalue weighted by molar-refractivity contribution is 0.134. The Morgan fingerprint density at radius 1 is 0.957 bits per heavy atom. The van der Waals surface area contributed by atoms with E-state index < -0.39 is 6.10 Å². The van der Waals surface area contributed by atoms with Gasteiger partial charge in [0, 0.05) is 12.6 Å². The number of hydrogen-bond acceptors (Lipinski definition) is 4. The van der Waals surface area contributed by atoms with Crippen LogP contribution in [0.5, 0.6) is 11.5 Å². The highest BCUT2D eigenvalue weighted by atomic mass is 16.5. The molecule has 0 radical (unpaired) electrons. The van der Waals surface area contributed by atoms with Gasteiger partial charge in [0.15, 0.2) is 11.5 Å². The summed E-state index contributed by atoms with van der Waals surface area (Å²) in [5.41, 5.74) is 2.22. The van der Waals surface area contributed by atoms with E-state index in [2.05, 4.69) is 5.32 Å². The second kappa shape index (κ2) is 8.56. The normalized spacial score (nSPS) is 13.4. The minimum absolute atomic E-state index is 0.0108. The molecule has 23 heavy (non-hydrogen) atoms. The van der Waals surface area contributed by atoms with Gasteiger partial charge in [-0.3, -0.25) is 0 Å². The number of hydrogen-bond donors (Lipinski definition) is 2. The summed E-state index contributed by atoms with van der Waals surface area (Å²) in [7, 11) is 3.25. The van der Waals surface area contributed by atoms with Crippen molar-refractivity contribution in [1.82, 2.24) is 5.32 Å². The molecule has 0 aromatic heterocycles. The Balaban J connectivity index is 1.89. The summed E-state index contributed by atoms with van der Waals surface area (Å²) < 4.78 is 10.5. The molecule has 0 amide bonds. The molecular weight excluding hydrogens is 290 g/mol. The van der Waals surface area contributed by atoms with E-state index in [1.165, 1.54) is 0 Å². The lowest BCUT2D eigenvalue weighted by Gasteiger charge is -2.21. The smallest absolute Gasteiger partial charge is 0.161 e. The van der Waals surface area contributed by atoms with Gasteiger partial charge in [0.05, 0.1) is 20.3 Å². The fourth-order valence-corrected chi connectivity index (χ4v) is 2.44. The number of rotatable bonds is 8. The molecule has 0 saturated carbocycles. The Bertz CT molecular complexity index is 601. The van der Waals surface area contributed by atoms with E-state index in [0.29, 0.717) is 24.5 Å². The molecule has 2 rings (SSSR count). The maximum Gasteiger partial charge on any atom is 0.161 e. The largest absolute Gasteiger partial charge is 0.493 e. The van der Waals surface area contributed by atoms with Crippen LogP contribution in [0.1, 0.15) is 18.1 Å². The molecule has 0 aliphatic heterocycles. The third-order valence-electron chi connectivity index (χ3n) is 3.94. The second-order valence-corrected chi connectivity index (χ2v) is 5.62. The summed E-state index contributed by atoms with van der Waals surface area (Å²) in [4.78, 5) is 0. The topological polar surface area (TPSA) is 50.7 Å². The summed E-state index contributed by atoms with van der Waals surface area (Å²) in [6.45, 7) is 2.65. The summed E-state index contributed by atoms with van der Waals surface area (Å²) >= 11 is 0. The molecule has 0 fully saturated rings. The number of methoxy groups -OCH3 is 2. The van der Waals surface area contributed by atoms with E-state index in [9.17, 15) is 5.11 Å². The highest BCUT2D eigenvalue weighted by Crippen LogP contribution is 2.27. The van der Waals surface area contributed by atoms with Crippen molar-refractivity contribution in [3.05, 3.63) is 59.7 Å². The van der Waals surface area contributed by atoms with E-state index in [1.54, 1.807) is 14.2 Å². The van der Waals surface area contributed by atoms with E-state index in [-0.39, 0.29) is 6.04 Å². The molecule has 124 valence electrons. The van der Waals surface area contributed by atoms with Crippen molar-refractivity contribution in [3.8, 4) is 11.5 Å². The minimum atomic E-state index is -0.433. The van der Waals surface area contributed by atoms with Crippen LogP contribution in [0.4, 0.5) is 0 Å². The standard InChI is InChI=1S/C19H25NO3/c1-14(17(21)11-15-7-5-4-6-8-15)20-13-16-9-10-18(22-2)19(12-16)23-3/h4-10,12,14,17,20-21H,11,13H2,1-3H3. The molecule has 2 atom stereocenters. The third-order valence-corrected chi connectivity index (χ3v) is 3.94. The van der Waals surface area contributed by atoms with Gasteiger partial charge >= 0.3 is 0 Å². The van der Waals surface area contributed by atoms with Gasteiger partial charge in [-0.2, -0.15) is 0 Å². The zero-order chi connectivity index (χ0) is 16.7. The average Bonchev–Trinajstić information content (AvgIpc) is 2.60. The predicted molar refractivity (Wildman–Crippen MR) is 92.0 cm³/mol. The van der Waals surface area contributed by atoms with E-state index >= 15 is 0 Å².